The molecule has 0 amide bonds. The van der Waals surface area contributed by atoms with Gasteiger partial charge in [0.1, 0.15) is 0 Å². The van der Waals surface area contributed by atoms with Gasteiger partial charge < -0.3 is 5.73 Å². The average Bonchev–Trinajstić information content (AvgIpc) is 2.39. The van der Waals surface area contributed by atoms with E-state index in [2.05, 4.69) is 0 Å². The molecule has 4 heteroatoms. The number of benzene rings is 2. The Morgan fingerprint density at radius 2 is 1.56 bits per heavy atom. The molecule has 18 heavy (non-hydrogen) atoms. The van der Waals surface area contributed by atoms with Crippen LogP contribution in [0.4, 0.5) is 0 Å². The Morgan fingerprint density at radius 3 is 2.11 bits per heavy atom. The van der Waals surface area contributed by atoms with Crippen LogP contribution in [0, 0.1) is 0 Å². The summed E-state index contributed by atoms with van der Waals surface area (Å²) in [5.41, 5.74) is 8.04. The quantitative estimate of drug-likeness (QED) is 0.831. The summed E-state index contributed by atoms with van der Waals surface area (Å²) >= 11 is 19.0. The number of halogens is 3. The summed E-state index contributed by atoms with van der Waals surface area (Å²) in [6.45, 7) is 0.490. The molecule has 0 radical (unpaired) electrons. The molecule has 2 N–H and O–H groups in total. The van der Waals surface area contributed by atoms with E-state index in [-0.39, 0.29) is 0 Å². The SMILES string of the molecule is NCc1ccc(C(Cl)(Cl)c2ccccc2Cl)cc1. The largest absolute Gasteiger partial charge is 0.326 e. The van der Waals surface area contributed by atoms with E-state index in [9.17, 15) is 0 Å². The van der Waals surface area contributed by atoms with Gasteiger partial charge in [-0.2, -0.15) is 0 Å². The van der Waals surface area contributed by atoms with Crippen LogP contribution >= 0.6 is 34.8 Å². The molecule has 0 aliphatic heterocycles. The maximum atomic E-state index is 6.44. The zero-order chi connectivity index (χ0) is 13.2. The summed E-state index contributed by atoms with van der Waals surface area (Å²) in [6.07, 6.45) is 0. The molecule has 0 bridgehead atoms. The van der Waals surface area contributed by atoms with Crippen molar-refractivity contribution >= 4 is 34.8 Å². The van der Waals surface area contributed by atoms with Crippen LogP contribution in [0.25, 0.3) is 0 Å². The maximum Gasteiger partial charge on any atom is 0.169 e. The van der Waals surface area contributed by atoms with Crippen LogP contribution in [0.5, 0.6) is 0 Å². The van der Waals surface area contributed by atoms with Gasteiger partial charge in [-0.05, 0) is 17.2 Å². The standard InChI is InChI=1S/C14H12Cl3N/c15-13-4-2-1-3-12(13)14(16,17)11-7-5-10(9-18)6-8-11/h1-8H,9,18H2. The number of hydrogen-bond acceptors (Lipinski definition) is 1. The van der Waals surface area contributed by atoms with E-state index in [1.54, 1.807) is 6.07 Å². The predicted octanol–water partition coefficient (Wildman–Crippen LogP) is 4.48. The van der Waals surface area contributed by atoms with Crippen LogP contribution in [0.15, 0.2) is 48.5 Å². The van der Waals surface area contributed by atoms with E-state index in [1.807, 2.05) is 42.5 Å². The van der Waals surface area contributed by atoms with Crippen molar-refractivity contribution in [1.82, 2.24) is 0 Å². The molecule has 0 aromatic heterocycles. The minimum absolute atomic E-state index is 0.490. The normalized spacial score (nSPS) is 11.6. The first-order valence-electron chi connectivity index (χ1n) is 5.48. The predicted molar refractivity (Wildman–Crippen MR) is 78.3 cm³/mol. The topological polar surface area (TPSA) is 26.0 Å². The fraction of sp³-hybridized carbons (Fsp3) is 0.143. The molecule has 0 unspecified atom stereocenters. The second kappa shape index (κ2) is 5.50. The maximum absolute atomic E-state index is 6.44. The van der Waals surface area contributed by atoms with E-state index in [4.69, 9.17) is 40.5 Å². The lowest BCUT2D eigenvalue weighted by Gasteiger charge is -2.22. The monoisotopic (exact) mass is 299 g/mol. The Bertz CT molecular complexity index is 535. The number of nitrogens with two attached hydrogens (primary N) is 1. The highest BCUT2D eigenvalue weighted by molar-refractivity contribution is 6.51. The van der Waals surface area contributed by atoms with Gasteiger partial charge in [-0.25, -0.2) is 0 Å². The van der Waals surface area contributed by atoms with Crippen LogP contribution in [0.2, 0.25) is 5.02 Å². The Labute approximate surface area is 121 Å². The number of rotatable bonds is 3. The van der Waals surface area contributed by atoms with Gasteiger partial charge in [-0.1, -0.05) is 77.3 Å². The molecule has 2 aromatic rings. The summed E-state index contributed by atoms with van der Waals surface area (Å²) in [7, 11) is 0. The first-order valence-corrected chi connectivity index (χ1v) is 6.61. The smallest absolute Gasteiger partial charge is 0.169 e. The van der Waals surface area contributed by atoms with Crippen molar-refractivity contribution in [2.45, 2.75) is 10.9 Å². The van der Waals surface area contributed by atoms with E-state index in [1.165, 1.54) is 0 Å². The lowest BCUT2D eigenvalue weighted by atomic mass is 10.0. The second-order valence-corrected chi connectivity index (χ2v) is 5.69. The first-order chi connectivity index (χ1) is 8.55. The van der Waals surface area contributed by atoms with Gasteiger partial charge in [0, 0.05) is 17.1 Å². The highest BCUT2D eigenvalue weighted by atomic mass is 35.5. The van der Waals surface area contributed by atoms with Crippen LogP contribution in [0.3, 0.4) is 0 Å². The van der Waals surface area contributed by atoms with Crippen molar-refractivity contribution in [3.8, 4) is 0 Å². The Balaban J connectivity index is 2.44. The average molecular weight is 301 g/mol. The lowest BCUT2D eigenvalue weighted by Crippen LogP contribution is -2.13. The highest BCUT2D eigenvalue weighted by Gasteiger charge is 2.30. The van der Waals surface area contributed by atoms with Crippen LogP contribution in [0.1, 0.15) is 16.7 Å². The molecule has 1 nitrogen and oxygen atoms in total. The summed E-state index contributed by atoms with van der Waals surface area (Å²) in [5.74, 6) is 0. The molecule has 0 saturated carbocycles. The van der Waals surface area contributed by atoms with E-state index in [0.717, 1.165) is 11.1 Å². The number of hydrogen-bond donors (Lipinski definition) is 1. The van der Waals surface area contributed by atoms with Crippen LogP contribution < -0.4 is 5.73 Å². The first kappa shape index (κ1) is 13.7. The molecule has 0 atom stereocenters. The Kier molecular flexibility index (Phi) is 4.18. The van der Waals surface area contributed by atoms with Gasteiger partial charge in [-0.3, -0.25) is 0 Å². The van der Waals surface area contributed by atoms with Gasteiger partial charge >= 0.3 is 0 Å². The van der Waals surface area contributed by atoms with Crippen molar-refractivity contribution in [3.05, 3.63) is 70.2 Å². The van der Waals surface area contributed by atoms with Crippen LogP contribution in [-0.2, 0) is 10.9 Å². The summed E-state index contributed by atoms with van der Waals surface area (Å²) < 4.78 is -1.16. The third kappa shape index (κ3) is 2.65. The van der Waals surface area contributed by atoms with Crippen molar-refractivity contribution in [2.75, 3.05) is 0 Å². The van der Waals surface area contributed by atoms with Crippen LogP contribution in [-0.4, -0.2) is 0 Å². The molecule has 94 valence electrons. The fourth-order valence-corrected chi connectivity index (χ4v) is 2.68. The third-order valence-electron chi connectivity index (χ3n) is 2.76. The summed E-state index contributed by atoms with van der Waals surface area (Å²) in [6, 6.07) is 14.8. The molecule has 0 aliphatic rings. The Morgan fingerprint density at radius 1 is 0.944 bits per heavy atom. The molecule has 2 rings (SSSR count). The Hall–Kier alpha value is -0.730. The van der Waals surface area contributed by atoms with Crippen molar-refractivity contribution < 1.29 is 0 Å². The second-order valence-electron chi connectivity index (χ2n) is 3.96. The highest BCUT2D eigenvalue weighted by Crippen LogP contribution is 2.43. The van der Waals surface area contributed by atoms with Crippen molar-refractivity contribution in [2.24, 2.45) is 5.73 Å². The molecular formula is C14H12Cl3N. The van der Waals surface area contributed by atoms with Gasteiger partial charge in [-0.15, -0.1) is 0 Å². The summed E-state index contributed by atoms with van der Waals surface area (Å²) in [4.78, 5) is 0. The van der Waals surface area contributed by atoms with Crippen molar-refractivity contribution in [3.63, 3.8) is 0 Å². The minimum Gasteiger partial charge on any atom is -0.326 e. The zero-order valence-corrected chi connectivity index (χ0v) is 11.8. The minimum atomic E-state index is -1.16. The van der Waals surface area contributed by atoms with Gasteiger partial charge in [0.2, 0.25) is 0 Å². The van der Waals surface area contributed by atoms with E-state index < -0.39 is 4.33 Å². The molecule has 0 fully saturated rings. The summed E-state index contributed by atoms with van der Waals surface area (Å²) in [5, 5.41) is 0.547. The molecular weight excluding hydrogens is 289 g/mol. The van der Waals surface area contributed by atoms with E-state index >= 15 is 0 Å². The van der Waals surface area contributed by atoms with Gasteiger partial charge in [0.05, 0.1) is 0 Å². The molecule has 0 heterocycles. The van der Waals surface area contributed by atoms with E-state index in [0.29, 0.717) is 17.1 Å². The number of alkyl halides is 2. The molecule has 2 aromatic carbocycles. The van der Waals surface area contributed by atoms with Crippen molar-refractivity contribution in [1.29, 1.82) is 0 Å². The molecule has 0 aliphatic carbocycles. The van der Waals surface area contributed by atoms with Gasteiger partial charge in [0.15, 0.2) is 4.33 Å². The fourth-order valence-electron chi connectivity index (χ4n) is 1.72. The third-order valence-corrected chi connectivity index (χ3v) is 3.94. The molecule has 0 saturated heterocycles. The lowest BCUT2D eigenvalue weighted by molar-refractivity contribution is 1.02. The molecule has 0 spiro atoms. The zero-order valence-electron chi connectivity index (χ0n) is 9.54. The van der Waals surface area contributed by atoms with Gasteiger partial charge in [0.25, 0.3) is 0 Å².